The topological polar surface area (TPSA) is 37.3 Å². The van der Waals surface area contributed by atoms with E-state index < -0.39 is 11.9 Å². The Morgan fingerprint density at radius 1 is 1.44 bits per heavy atom. The van der Waals surface area contributed by atoms with Crippen molar-refractivity contribution in [2.24, 2.45) is 5.92 Å². The predicted octanol–water partition coefficient (Wildman–Crippen LogP) is 1.20. The van der Waals surface area contributed by atoms with Crippen molar-refractivity contribution >= 4 is 5.97 Å². The van der Waals surface area contributed by atoms with E-state index in [1.165, 1.54) is 0 Å². The monoisotopic (exact) mass is 124 g/mol. The maximum absolute atomic E-state index is 10.3. The standard InChI is InChI=1S/C7H8O2/c8-7(9)6-4-2-1-3-5-6/h2-6H,1H2,(H,8,9). The lowest BCUT2D eigenvalue weighted by atomic mass is 10.0. The second kappa shape index (κ2) is 2.49. The Bertz CT molecular complexity index is 156. The SMILES string of the molecule is O=C(O)C1C=CCC=C1. The average Bonchev–Trinajstić information content (AvgIpc) is 1.90. The maximum atomic E-state index is 10.3. The minimum atomic E-state index is -0.776. The molecule has 0 amide bonds. The molecule has 0 unspecified atom stereocenters. The molecule has 0 saturated carbocycles. The van der Waals surface area contributed by atoms with E-state index in [4.69, 9.17) is 5.11 Å². The Morgan fingerprint density at radius 3 is 2.33 bits per heavy atom. The highest BCUT2D eigenvalue weighted by Crippen LogP contribution is 2.08. The zero-order chi connectivity index (χ0) is 6.69. The Balaban J connectivity index is 2.60. The molecule has 1 aliphatic carbocycles. The highest BCUT2D eigenvalue weighted by Gasteiger charge is 2.09. The van der Waals surface area contributed by atoms with Gasteiger partial charge in [0.05, 0.1) is 5.92 Å². The molecule has 2 heteroatoms. The average molecular weight is 124 g/mol. The smallest absolute Gasteiger partial charge is 0.314 e. The second-order valence-corrected chi connectivity index (χ2v) is 1.96. The quantitative estimate of drug-likeness (QED) is 0.533. The summed E-state index contributed by atoms with van der Waals surface area (Å²) in [6.07, 6.45) is 7.98. The lowest BCUT2D eigenvalue weighted by molar-refractivity contribution is -0.138. The van der Waals surface area contributed by atoms with Gasteiger partial charge in [0, 0.05) is 0 Å². The van der Waals surface area contributed by atoms with Gasteiger partial charge in [0.25, 0.3) is 0 Å². The van der Waals surface area contributed by atoms with Crippen molar-refractivity contribution in [3.63, 3.8) is 0 Å². The Labute approximate surface area is 53.5 Å². The van der Waals surface area contributed by atoms with Gasteiger partial charge in [0.2, 0.25) is 0 Å². The minimum Gasteiger partial charge on any atom is -0.481 e. The van der Waals surface area contributed by atoms with E-state index >= 15 is 0 Å². The third kappa shape index (κ3) is 1.42. The first-order valence-electron chi connectivity index (χ1n) is 2.87. The van der Waals surface area contributed by atoms with Crippen LogP contribution in [0.2, 0.25) is 0 Å². The van der Waals surface area contributed by atoms with Gasteiger partial charge in [0.1, 0.15) is 0 Å². The normalized spacial score (nSPS) is 18.2. The summed E-state index contributed by atoms with van der Waals surface area (Å²) in [5, 5.41) is 8.44. The molecule has 0 aromatic heterocycles. The highest BCUT2D eigenvalue weighted by atomic mass is 16.4. The molecule has 2 nitrogen and oxygen atoms in total. The van der Waals surface area contributed by atoms with Crippen LogP contribution in [0.25, 0.3) is 0 Å². The van der Waals surface area contributed by atoms with E-state index in [1.54, 1.807) is 12.2 Å². The van der Waals surface area contributed by atoms with Gasteiger partial charge >= 0.3 is 5.97 Å². The molecule has 0 fully saturated rings. The molecule has 0 aromatic carbocycles. The molecule has 0 saturated heterocycles. The summed E-state index contributed by atoms with van der Waals surface area (Å²) < 4.78 is 0. The van der Waals surface area contributed by atoms with Crippen LogP contribution in [0.4, 0.5) is 0 Å². The molecule has 9 heavy (non-hydrogen) atoms. The molecule has 0 aliphatic heterocycles. The summed E-state index contributed by atoms with van der Waals surface area (Å²) in [4.78, 5) is 10.3. The van der Waals surface area contributed by atoms with Crippen LogP contribution in [0.5, 0.6) is 0 Å². The molecule has 0 radical (unpaired) electrons. The number of carbonyl (C=O) groups is 1. The summed E-state index contributed by atoms with van der Waals surface area (Å²) in [5.41, 5.74) is 0. The third-order valence-electron chi connectivity index (χ3n) is 1.24. The minimum absolute atomic E-state index is 0.390. The van der Waals surface area contributed by atoms with E-state index in [-0.39, 0.29) is 0 Å². The van der Waals surface area contributed by atoms with Gasteiger partial charge in [-0.2, -0.15) is 0 Å². The highest BCUT2D eigenvalue weighted by molar-refractivity contribution is 5.74. The molecule has 0 bridgehead atoms. The van der Waals surface area contributed by atoms with Crippen LogP contribution in [0.3, 0.4) is 0 Å². The largest absolute Gasteiger partial charge is 0.481 e. The maximum Gasteiger partial charge on any atom is 0.314 e. The van der Waals surface area contributed by atoms with Gasteiger partial charge in [-0.15, -0.1) is 0 Å². The van der Waals surface area contributed by atoms with E-state index in [9.17, 15) is 4.79 Å². The van der Waals surface area contributed by atoms with Crippen LogP contribution >= 0.6 is 0 Å². The summed E-state index contributed by atoms with van der Waals surface area (Å²) in [6.45, 7) is 0. The molecule has 0 heterocycles. The summed E-state index contributed by atoms with van der Waals surface area (Å²) in [6, 6.07) is 0. The predicted molar refractivity (Wildman–Crippen MR) is 34.0 cm³/mol. The van der Waals surface area contributed by atoms with E-state index in [2.05, 4.69) is 0 Å². The molecule has 0 atom stereocenters. The number of carboxylic acids is 1. The van der Waals surface area contributed by atoms with Crippen LogP contribution in [-0.2, 0) is 4.79 Å². The number of rotatable bonds is 1. The number of carboxylic acid groups (broad SMARTS) is 1. The molecular formula is C7H8O2. The van der Waals surface area contributed by atoms with Crippen molar-refractivity contribution in [2.45, 2.75) is 6.42 Å². The zero-order valence-electron chi connectivity index (χ0n) is 4.95. The summed E-state index contributed by atoms with van der Waals surface area (Å²) >= 11 is 0. The Hall–Kier alpha value is -1.05. The van der Waals surface area contributed by atoms with Crippen molar-refractivity contribution in [1.82, 2.24) is 0 Å². The third-order valence-corrected chi connectivity index (χ3v) is 1.24. The van der Waals surface area contributed by atoms with Gasteiger partial charge in [-0.25, -0.2) is 0 Å². The number of allylic oxidation sites excluding steroid dienone is 2. The summed E-state index contributed by atoms with van der Waals surface area (Å²) in [7, 11) is 0. The molecule has 48 valence electrons. The molecule has 1 aliphatic rings. The second-order valence-electron chi connectivity index (χ2n) is 1.96. The molecule has 1 N–H and O–H groups in total. The molecule has 1 rings (SSSR count). The number of hydrogen-bond donors (Lipinski definition) is 1. The first-order valence-corrected chi connectivity index (χ1v) is 2.87. The first kappa shape index (κ1) is 6.08. The molecule has 0 aromatic rings. The van der Waals surface area contributed by atoms with Crippen molar-refractivity contribution in [1.29, 1.82) is 0 Å². The molecular weight excluding hydrogens is 116 g/mol. The fourth-order valence-electron chi connectivity index (χ4n) is 0.758. The van der Waals surface area contributed by atoms with Crippen molar-refractivity contribution < 1.29 is 9.90 Å². The number of aliphatic carboxylic acids is 1. The fourth-order valence-corrected chi connectivity index (χ4v) is 0.758. The van der Waals surface area contributed by atoms with Crippen molar-refractivity contribution in [2.75, 3.05) is 0 Å². The molecule has 0 spiro atoms. The van der Waals surface area contributed by atoms with Gasteiger partial charge in [0.15, 0.2) is 0 Å². The zero-order valence-corrected chi connectivity index (χ0v) is 4.95. The fraction of sp³-hybridized carbons (Fsp3) is 0.286. The lowest BCUT2D eigenvalue weighted by Gasteiger charge is -2.02. The van der Waals surface area contributed by atoms with Crippen molar-refractivity contribution in [3.05, 3.63) is 24.3 Å². The van der Waals surface area contributed by atoms with Gasteiger partial charge in [-0.3, -0.25) is 4.79 Å². The summed E-state index contributed by atoms with van der Waals surface area (Å²) in [5.74, 6) is -1.17. The lowest BCUT2D eigenvalue weighted by Crippen LogP contribution is -2.08. The van der Waals surface area contributed by atoms with E-state index in [0.29, 0.717) is 0 Å². The van der Waals surface area contributed by atoms with Crippen LogP contribution in [0.15, 0.2) is 24.3 Å². The first-order chi connectivity index (χ1) is 4.30. The van der Waals surface area contributed by atoms with Crippen LogP contribution in [0.1, 0.15) is 6.42 Å². The van der Waals surface area contributed by atoms with Crippen LogP contribution < -0.4 is 0 Å². The van der Waals surface area contributed by atoms with Crippen molar-refractivity contribution in [3.8, 4) is 0 Å². The van der Waals surface area contributed by atoms with E-state index in [1.807, 2.05) is 12.2 Å². The Kier molecular flexibility index (Phi) is 1.68. The van der Waals surface area contributed by atoms with Crippen LogP contribution in [0, 0.1) is 5.92 Å². The van der Waals surface area contributed by atoms with Gasteiger partial charge < -0.3 is 5.11 Å². The van der Waals surface area contributed by atoms with Gasteiger partial charge in [-0.05, 0) is 6.42 Å². The van der Waals surface area contributed by atoms with Crippen LogP contribution in [-0.4, -0.2) is 11.1 Å². The Morgan fingerprint density at radius 2 is 2.00 bits per heavy atom. The van der Waals surface area contributed by atoms with E-state index in [0.717, 1.165) is 6.42 Å². The number of hydrogen-bond acceptors (Lipinski definition) is 1. The van der Waals surface area contributed by atoms with Gasteiger partial charge in [-0.1, -0.05) is 24.3 Å².